The predicted octanol–water partition coefficient (Wildman–Crippen LogP) is 5.02. The molecule has 0 radical (unpaired) electrons. The van der Waals surface area contributed by atoms with Crippen molar-refractivity contribution in [1.82, 2.24) is 0 Å². The van der Waals surface area contributed by atoms with Gasteiger partial charge in [-0.2, -0.15) is 0 Å². The Morgan fingerprint density at radius 2 is 1.63 bits per heavy atom. The van der Waals surface area contributed by atoms with Gasteiger partial charge in [0.15, 0.2) is 10.8 Å². The summed E-state index contributed by atoms with van der Waals surface area (Å²) < 4.78 is 16.3. The number of para-hydroxylation sites is 1. The van der Waals surface area contributed by atoms with Gasteiger partial charge in [0.2, 0.25) is 5.76 Å². The van der Waals surface area contributed by atoms with E-state index in [0.29, 0.717) is 16.1 Å². The molecule has 1 atom stereocenters. The average Bonchev–Trinajstić information content (AvgIpc) is 3.10. The Morgan fingerprint density at radius 1 is 0.963 bits per heavy atom. The molecule has 2 aromatic carbocycles. The molecule has 6 nitrogen and oxygen atoms in total. The van der Waals surface area contributed by atoms with E-state index in [2.05, 4.69) is 21.2 Å². The minimum atomic E-state index is -0.985. The monoisotopic (exact) mass is 429 g/mol. The van der Waals surface area contributed by atoms with Gasteiger partial charge in [0.1, 0.15) is 11.5 Å². The van der Waals surface area contributed by atoms with Gasteiger partial charge < -0.3 is 19.2 Å². The van der Waals surface area contributed by atoms with Crippen LogP contribution in [-0.4, -0.2) is 18.0 Å². The lowest BCUT2D eigenvalue weighted by Gasteiger charge is -2.13. The van der Waals surface area contributed by atoms with Crippen LogP contribution in [0.4, 0.5) is 5.69 Å². The molecule has 7 heteroatoms. The van der Waals surface area contributed by atoms with Crippen molar-refractivity contribution < 1.29 is 23.5 Å². The molecule has 27 heavy (non-hydrogen) atoms. The van der Waals surface area contributed by atoms with Crippen LogP contribution in [0, 0.1) is 0 Å². The second-order valence-electron chi connectivity index (χ2n) is 5.58. The van der Waals surface area contributed by atoms with E-state index in [1.54, 1.807) is 30.3 Å². The summed E-state index contributed by atoms with van der Waals surface area (Å²) >= 11 is 3.10. The van der Waals surface area contributed by atoms with Crippen LogP contribution >= 0.6 is 15.9 Å². The molecule has 0 bridgehead atoms. The fourth-order valence-corrected chi connectivity index (χ4v) is 2.48. The van der Waals surface area contributed by atoms with E-state index < -0.39 is 18.0 Å². The number of furan rings is 1. The third-order valence-electron chi connectivity index (χ3n) is 3.53. The van der Waals surface area contributed by atoms with Crippen molar-refractivity contribution in [1.29, 1.82) is 0 Å². The number of ether oxygens (including phenoxy) is 2. The molecule has 3 rings (SSSR count). The summed E-state index contributed by atoms with van der Waals surface area (Å²) in [4.78, 5) is 24.1. The number of carbonyl (C=O) groups excluding carboxylic acids is 2. The van der Waals surface area contributed by atoms with Crippen molar-refractivity contribution >= 4 is 33.5 Å². The van der Waals surface area contributed by atoms with E-state index in [1.807, 2.05) is 30.3 Å². The van der Waals surface area contributed by atoms with Gasteiger partial charge in [0.05, 0.1) is 0 Å². The van der Waals surface area contributed by atoms with Crippen molar-refractivity contribution in [3.05, 3.63) is 77.2 Å². The molecular formula is C20H16BrNO5. The normalized spacial score (nSPS) is 11.5. The van der Waals surface area contributed by atoms with Crippen molar-refractivity contribution in [3.8, 4) is 11.5 Å². The zero-order valence-electron chi connectivity index (χ0n) is 14.3. The maximum absolute atomic E-state index is 12.2. The second-order valence-corrected chi connectivity index (χ2v) is 6.36. The minimum Gasteiger partial charge on any atom is -0.457 e. The maximum atomic E-state index is 12.2. The standard InChI is InChI=1S/C20H16BrNO5/c1-13(25-20(24)17-11-12-18(21)27-17)19(23)22-14-7-9-16(10-8-14)26-15-5-3-2-4-6-15/h2-13H,1H3,(H,22,23). The molecule has 138 valence electrons. The molecule has 1 N–H and O–H groups in total. The number of anilines is 1. The van der Waals surface area contributed by atoms with E-state index in [1.165, 1.54) is 13.0 Å². The molecule has 1 unspecified atom stereocenters. The summed E-state index contributed by atoms with van der Waals surface area (Å²) in [5.41, 5.74) is 0.559. The molecule has 0 aliphatic heterocycles. The number of esters is 1. The van der Waals surface area contributed by atoms with Gasteiger partial charge in [-0.15, -0.1) is 0 Å². The first-order valence-electron chi connectivity index (χ1n) is 8.11. The zero-order chi connectivity index (χ0) is 19.2. The van der Waals surface area contributed by atoms with Gasteiger partial charge in [0.25, 0.3) is 5.91 Å². The highest BCUT2D eigenvalue weighted by molar-refractivity contribution is 9.10. The Hall–Kier alpha value is -3.06. The molecule has 1 aromatic heterocycles. The number of hydrogen-bond donors (Lipinski definition) is 1. The first-order valence-corrected chi connectivity index (χ1v) is 8.91. The van der Waals surface area contributed by atoms with Crippen LogP contribution in [0.25, 0.3) is 0 Å². The van der Waals surface area contributed by atoms with Gasteiger partial charge in [-0.1, -0.05) is 18.2 Å². The highest BCUT2D eigenvalue weighted by atomic mass is 79.9. The van der Waals surface area contributed by atoms with Gasteiger partial charge in [-0.3, -0.25) is 4.79 Å². The topological polar surface area (TPSA) is 77.8 Å². The second kappa shape index (κ2) is 8.55. The summed E-state index contributed by atoms with van der Waals surface area (Å²) in [5, 5.41) is 2.68. The minimum absolute atomic E-state index is 0.0175. The van der Waals surface area contributed by atoms with Gasteiger partial charge in [-0.05, 0) is 71.4 Å². The van der Waals surface area contributed by atoms with Crippen LogP contribution < -0.4 is 10.1 Å². The first-order chi connectivity index (χ1) is 13.0. The van der Waals surface area contributed by atoms with Crippen LogP contribution in [-0.2, 0) is 9.53 Å². The third-order valence-corrected chi connectivity index (χ3v) is 3.95. The lowest BCUT2D eigenvalue weighted by atomic mass is 10.2. The van der Waals surface area contributed by atoms with Crippen molar-refractivity contribution in [2.24, 2.45) is 0 Å². The van der Waals surface area contributed by atoms with Crippen molar-refractivity contribution in [3.63, 3.8) is 0 Å². The van der Waals surface area contributed by atoms with Crippen molar-refractivity contribution in [2.45, 2.75) is 13.0 Å². The molecule has 1 amide bonds. The SMILES string of the molecule is CC(OC(=O)c1ccc(Br)o1)C(=O)Nc1ccc(Oc2ccccc2)cc1. The Kier molecular flexibility index (Phi) is 5.93. The van der Waals surface area contributed by atoms with Gasteiger partial charge in [0, 0.05) is 5.69 Å². The van der Waals surface area contributed by atoms with E-state index in [4.69, 9.17) is 13.9 Å². The predicted molar refractivity (Wildman–Crippen MR) is 103 cm³/mol. The smallest absolute Gasteiger partial charge is 0.375 e. The number of benzene rings is 2. The van der Waals surface area contributed by atoms with Crippen LogP contribution in [0.3, 0.4) is 0 Å². The van der Waals surface area contributed by atoms with Gasteiger partial charge in [-0.25, -0.2) is 4.79 Å². The fraction of sp³-hybridized carbons (Fsp3) is 0.100. The Balaban J connectivity index is 1.54. The Morgan fingerprint density at radius 3 is 2.26 bits per heavy atom. The number of hydrogen-bond acceptors (Lipinski definition) is 5. The molecule has 1 heterocycles. The molecule has 0 fully saturated rings. The summed E-state index contributed by atoms with van der Waals surface area (Å²) in [6, 6.07) is 19.3. The maximum Gasteiger partial charge on any atom is 0.375 e. The van der Waals surface area contributed by atoms with Crippen LogP contribution in [0.15, 0.2) is 75.8 Å². The number of nitrogens with one attached hydrogen (secondary N) is 1. The number of rotatable bonds is 6. The van der Waals surface area contributed by atoms with Crippen molar-refractivity contribution in [2.75, 3.05) is 5.32 Å². The summed E-state index contributed by atoms with van der Waals surface area (Å²) in [6.45, 7) is 1.48. The number of halogens is 1. The van der Waals surface area contributed by atoms with E-state index >= 15 is 0 Å². The Labute approximate surface area is 164 Å². The largest absolute Gasteiger partial charge is 0.457 e. The quantitative estimate of drug-likeness (QED) is 0.556. The van der Waals surface area contributed by atoms with Crippen LogP contribution in [0.2, 0.25) is 0 Å². The van der Waals surface area contributed by atoms with E-state index in [-0.39, 0.29) is 5.76 Å². The molecule has 0 spiro atoms. The van der Waals surface area contributed by atoms with Crippen LogP contribution in [0.5, 0.6) is 11.5 Å². The highest BCUT2D eigenvalue weighted by Gasteiger charge is 2.21. The number of carbonyl (C=O) groups is 2. The summed E-state index contributed by atoms with van der Waals surface area (Å²) in [5.74, 6) is 0.214. The zero-order valence-corrected chi connectivity index (χ0v) is 15.9. The molecule has 0 saturated carbocycles. The molecule has 3 aromatic rings. The molecule has 0 saturated heterocycles. The van der Waals surface area contributed by atoms with Gasteiger partial charge >= 0.3 is 5.97 Å². The lowest BCUT2D eigenvalue weighted by Crippen LogP contribution is -2.29. The summed E-state index contributed by atoms with van der Waals surface area (Å²) in [6.07, 6.45) is -0.985. The molecule has 0 aliphatic carbocycles. The highest BCUT2D eigenvalue weighted by Crippen LogP contribution is 2.23. The van der Waals surface area contributed by atoms with E-state index in [0.717, 1.165) is 5.75 Å². The van der Waals surface area contributed by atoms with E-state index in [9.17, 15) is 9.59 Å². The average molecular weight is 430 g/mol. The summed E-state index contributed by atoms with van der Waals surface area (Å²) in [7, 11) is 0. The molecule has 0 aliphatic rings. The lowest BCUT2D eigenvalue weighted by molar-refractivity contribution is -0.123. The fourth-order valence-electron chi connectivity index (χ4n) is 2.17. The Bertz CT molecular complexity index is 921. The first kappa shape index (κ1) is 18.7. The van der Waals surface area contributed by atoms with Crippen LogP contribution in [0.1, 0.15) is 17.5 Å². The number of amides is 1. The third kappa shape index (κ3) is 5.21. The molecular weight excluding hydrogens is 414 g/mol.